The lowest BCUT2D eigenvalue weighted by atomic mass is 10.0. The van der Waals surface area contributed by atoms with E-state index in [0.29, 0.717) is 18.3 Å². The summed E-state index contributed by atoms with van der Waals surface area (Å²) in [6.07, 6.45) is 2.51. The van der Waals surface area contributed by atoms with Gasteiger partial charge in [-0.3, -0.25) is 0 Å². The summed E-state index contributed by atoms with van der Waals surface area (Å²) in [6, 6.07) is 35.8. The van der Waals surface area contributed by atoms with E-state index < -0.39 is 5.97 Å². The van der Waals surface area contributed by atoms with E-state index in [2.05, 4.69) is 29.3 Å². The molecule has 4 heteroatoms. The van der Waals surface area contributed by atoms with E-state index in [1.54, 1.807) is 6.08 Å². The maximum absolute atomic E-state index is 12.5. The number of carbonyl (C=O) groups is 1. The second-order valence-corrected chi connectivity index (χ2v) is 7.90. The molecule has 5 rings (SSSR count). The number of rotatable bonds is 7. The Morgan fingerprint density at radius 3 is 2.09 bits per heavy atom. The third-order valence-corrected chi connectivity index (χ3v) is 5.56. The van der Waals surface area contributed by atoms with Crippen LogP contribution in [0.25, 0.3) is 17.2 Å². The summed E-state index contributed by atoms with van der Waals surface area (Å²) in [5, 5.41) is 0. The molecule has 1 aliphatic heterocycles. The zero-order valence-corrected chi connectivity index (χ0v) is 18.6. The standard InChI is InChI=1S/C30H23NO3/c32-30-27(21-26-13-7-8-14-28(26)33-20-19-22-9-3-1-4-10-22)31-29(34-30)25-17-15-24(16-18-25)23-11-5-2-6-12-23/h1-18,21H,19-20H2/b27-21-. The number of hydrogen-bond acceptors (Lipinski definition) is 4. The summed E-state index contributed by atoms with van der Waals surface area (Å²) in [6.45, 7) is 0.539. The second-order valence-electron chi connectivity index (χ2n) is 7.90. The Bertz CT molecular complexity index is 1340. The summed E-state index contributed by atoms with van der Waals surface area (Å²) in [4.78, 5) is 17.0. The van der Waals surface area contributed by atoms with Gasteiger partial charge in [-0.15, -0.1) is 0 Å². The highest BCUT2D eigenvalue weighted by atomic mass is 16.6. The first kappa shape index (κ1) is 21.4. The normalized spacial score (nSPS) is 14.1. The Labute approximate surface area is 198 Å². The van der Waals surface area contributed by atoms with Crippen molar-refractivity contribution in [2.24, 2.45) is 4.99 Å². The fourth-order valence-electron chi connectivity index (χ4n) is 3.77. The molecule has 0 saturated carbocycles. The van der Waals surface area contributed by atoms with Crippen molar-refractivity contribution in [3.8, 4) is 16.9 Å². The summed E-state index contributed by atoms with van der Waals surface area (Å²) >= 11 is 0. The van der Waals surface area contributed by atoms with E-state index in [1.807, 2.05) is 84.9 Å². The molecule has 4 aromatic rings. The van der Waals surface area contributed by atoms with E-state index in [9.17, 15) is 4.79 Å². The molecule has 0 fully saturated rings. The topological polar surface area (TPSA) is 47.9 Å². The molecular weight excluding hydrogens is 422 g/mol. The van der Waals surface area contributed by atoms with E-state index in [0.717, 1.165) is 28.7 Å². The van der Waals surface area contributed by atoms with Crippen molar-refractivity contribution in [1.29, 1.82) is 0 Å². The fraction of sp³-hybridized carbons (Fsp3) is 0.0667. The third-order valence-electron chi connectivity index (χ3n) is 5.56. The number of carbonyl (C=O) groups excluding carboxylic acids is 1. The highest BCUT2D eigenvalue weighted by Gasteiger charge is 2.24. The number of esters is 1. The van der Waals surface area contributed by atoms with Crippen LogP contribution in [0.3, 0.4) is 0 Å². The van der Waals surface area contributed by atoms with Gasteiger partial charge in [0.1, 0.15) is 5.75 Å². The lowest BCUT2D eigenvalue weighted by Crippen LogP contribution is -2.05. The molecule has 1 heterocycles. The highest BCUT2D eigenvalue weighted by molar-refractivity contribution is 6.13. The maximum Gasteiger partial charge on any atom is 0.363 e. The van der Waals surface area contributed by atoms with Gasteiger partial charge in [0.25, 0.3) is 0 Å². The molecule has 166 valence electrons. The predicted octanol–water partition coefficient (Wildman–Crippen LogP) is 6.32. The molecule has 4 aromatic carbocycles. The highest BCUT2D eigenvalue weighted by Crippen LogP contribution is 2.26. The van der Waals surface area contributed by atoms with Gasteiger partial charge in [-0.05, 0) is 41.0 Å². The zero-order valence-electron chi connectivity index (χ0n) is 18.6. The van der Waals surface area contributed by atoms with Crippen molar-refractivity contribution in [2.45, 2.75) is 6.42 Å². The first-order valence-electron chi connectivity index (χ1n) is 11.2. The van der Waals surface area contributed by atoms with Gasteiger partial charge in [0.15, 0.2) is 5.70 Å². The SMILES string of the molecule is O=C1OC(c2ccc(-c3ccccc3)cc2)=N/C1=C\c1ccccc1OCCc1ccccc1. The van der Waals surface area contributed by atoms with Crippen LogP contribution in [0.1, 0.15) is 16.7 Å². The average molecular weight is 446 g/mol. The van der Waals surface area contributed by atoms with E-state index in [4.69, 9.17) is 9.47 Å². The van der Waals surface area contributed by atoms with Gasteiger partial charge in [0.2, 0.25) is 5.90 Å². The van der Waals surface area contributed by atoms with E-state index in [-0.39, 0.29) is 5.70 Å². The Hall–Kier alpha value is -4.44. The van der Waals surface area contributed by atoms with Crippen molar-refractivity contribution in [1.82, 2.24) is 0 Å². The van der Waals surface area contributed by atoms with Crippen LogP contribution in [0.4, 0.5) is 0 Å². The van der Waals surface area contributed by atoms with Crippen molar-refractivity contribution in [2.75, 3.05) is 6.61 Å². The molecular formula is C30H23NO3. The minimum atomic E-state index is -0.471. The number of ether oxygens (including phenoxy) is 2. The number of cyclic esters (lactones) is 1. The quantitative estimate of drug-likeness (QED) is 0.247. The van der Waals surface area contributed by atoms with Crippen molar-refractivity contribution in [3.63, 3.8) is 0 Å². The Morgan fingerprint density at radius 2 is 1.32 bits per heavy atom. The molecule has 0 bridgehead atoms. The average Bonchev–Trinajstić information content (AvgIpc) is 3.26. The van der Waals surface area contributed by atoms with Crippen LogP contribution in [0.15, 0.2) is 120 Å². The Morgan fingerprint density at radius 1 is 0.706 bits per heavy atom. The van der Waals surface area contributed by atoms with Gasteiger partial charge >= 0.3 is 5.97 Å². The monoisotopic (exact) mass is 445 g/mol. The molecule has 0 aromatic heterocycles. The first-order chi connectivity index (χ1) is 16.8. The minimum Gasteiger partial charge on any atom is -0.493 e. The van der Waals surface area contributed by atoms with Gasteiger partial charge in [0, 0.05) is 17.5 Å². The molecule has 0 aliphatic carbocycles. The van der Waals surface area contributed by atoms with Crippen LogP contribution in [0, 0.1) is 0 Å². The van der Waals surface area contributed by atoms with Crippen LogP contribution in [-0.2, 0) is 16.0 Å². The van der Waals surface area contributed by atoms with E-state index >= 15 is 0 Å². The largest absolute Gasteiger partial charge is 0.493 e. The van der Waals surface area contributed by atoms with Crippen LogP contribution >= 0.6 is 0 Å². The third kappa shape index (κ3) is 4.97. The second kappa shape index (κ2) is 10.0. The zero-order chi connectivity index (χ0) is 23.2. The molecule has 0 radical (unpaired) electrons. The summed E-state index contributed by atoms with van der Waals surface area (Å²) in [5.41, 5.74) is 5.22. The molecule has 0 amide bonds. The molecule has 0 N–H and O–H groups in total. The van der Waals surface area contributed by atoms with Crippen molar-refractivity contribution in [3.05, 3.63) is 132 Å². The van der Waals surface area contributed by atoms with Crippen LogP contribution < -0.4 is 4.74 Å². The van der Waals surface area contributed by atoms with Gasteiger partial charge in [-0.2, -0.15) is 0 Å². The number of para-hydroxylation sites is 1. The Kier molecular flexibility index (Phi) is 6.30. The maximum atomic E-state index is 12.5. The molecule has 1 aliphatic rings. The lowest BCUT2D eigenvalue weighted by molar-refractivity contribution is -0.129. The minimum absolute atomic E-state index is 0.251. The molecule has 0 atom stereocenters. The number of hydrogen-bond donors (Lipinski definition) is 0. The molecule has 34 heavy (non-hydrogen) atoms. The number of nitrogens with zero attached hydrogens (tertiary/aromatic N) is 1. The van der Waals surface area contributed by atoms with E-state index in [1.165, 1.54) is 5.56 Å². The van der Waals surface area contributed by atoms with Gasteiger partial charge in [-0.25, -0.2) is 9.79 Å². The number of aliphatic imine (C=N–C) groups is 1. The number of benzene rings is 4. The summed E-state index contributed by atoms with van der Waals surface area (Å²) in [7, 11) is 0. The molecule has 0 spiro atoms. The van der Waals surface area contributed by atoms with Gasteiger partial charge < -0.3 is 9.47 Å². The van der Waals surface area contributed by atoms with Crippen LogP contribution in [0.2, 0.25) is 0 Å². The first-order valence-corrected chi connectivity index (χ1v) is 11.2. The van der Waals surface area contributed by atoms with Crippen molar-refractivity contribution < 1.29 is 14.3 Å². The Balaban J connectivity index is 1.32. The summed E-state index contributed by atoms with van der Waals surface area (Å²) < 4.78 is 11.5. The molecule has 0 saturated heterocycles. The van der Waals surface area contributed by atoms with Gasteiger partial charge in [0.05, 0.1) is 6.61 Å². The van der Waals surface area contributed by atoms with Crippen LogP contribution in [0.5, 0.6) is 5.75 Å². The molecule has 0 unspecified atom stereocenters. The fourth-order valence-corrected chi connectivity index (χ4v) is 3.77. The molecule has 4 nitrogen and oxygen atoms in total. The van der Waals surface area contributed by atoms with Gasteiger partial charge in [-0.1, -0.05) is 91.0 Å². The lowest BCUT2D eigenvalue weighted by Gasteiger charge is -2.09. The predicted molar refractivity (Wildman–Crippen MR) is 135 cm³/mol. The smallest absolute Gasteiger partial charge is 0.363 e. The van der Waals surface area contributed by atoms with Crippen molar-refractivity contribution >= 4 is 17.9 Å². The summed E-state index contributed by atoms with van der Waals surface area (Å²) in [5.74, 6) is 0.536. The van der Waals surface area contributed by atoms with Crippen LogP contribution in [-0.4, -0.2) is 18.5 Å².